The van der Waals surface area contributed by atoms with Gasteiger partial charge in [-0.2, -0.15) is 0 Å². The molecule has 4 heteroatoms. The normalized spacial score (nSPS) is 15.8. The molecule has 4 nitrogen and oxygen atoms in total. The van der Waals surface area contributed by atoms with Crippen LogP contribution in [0.5, 0.6) is 6.01 Å². The number of aromatic nitrogens is 3. The first-order valence-corrected chi connectivity index (χ1v) is 7.19. The number of ether oxygens (including phenoxy) is 1. The lowest BCUT2D eigenvalue weighted by Crippen LogP contribution is -2.09. The molecule has 2 heterocycles. The highest BCUT2D eigenvalue weighted by atomic mass is 16.5. The number of rotatable bonds is 2. The minimum absolute atomic E-state index is 0.0313. The first kappa shape index (κ1) is 12.8. The van der Waals surface area contributed by atoms with E-state index in [0.717, 1.165) is 5.82 Å². The Labute approximate surface area is 128 Å². The molecule has 1 atom stereocenters. The maximum absolute atomic E-state index is 5.33. The van der Waals surface area contributed by atoms with E-state index in [1.807, 2.05) is 29.0 Å². The smallest absolute Gasteiger partial charge is 0.320 e. The van der Waals surface area contributed by atoms with E-state index in [4.69, 9.17) is 4.74 Å². The van der Waals surface area contributed by atoms with Crippen molar-refractivity contribution in [1.82, 2.24) is 14.8 Å². The van der Waals surface area contributed by atoms with Crippen molar-refractivity contribution in [1.29, 1.82) is 0 Å². The summed E-state index contributed by atoms with van der Waals surface area (Å²) in [6.45, 7) is 0. The molecule has 2 aromatic carbocycles. The molecular formula is C18H15N3O. The average molecular weight is 289 g/mol. The Bertz CT molecular complexity index is 837. The molecule has 22 heavy (non-hydrogen) atoms. The van der Waals surface area contributed by atoms with Gasteiger partial charge in [0.15, 0.2) is 5.82 Å². The SMILES string of the molecule is COc1nnc2n1C=Cc1ccccc1C2c1ccccc1. The van der Waals surface area contributed by atoms with Gasteiger partial charge in [-0.25, -0.2) is 0 Å². The molecule has 1 aliphatic rings. The third-order valence-electron chi connectivity index (χ3n) is 3.97. The monoisotopic (exact) mass is 289 g/mol. The Hall–Kier alpha value is -2.88. The van der Waals surface area contributed by atoms with Crippen LogP contribution in [0, 0.1) is 0 Å². The van der Waals surface area contributed by atoms with Crippen LogP contribution in [0.4, 0.5) is 0 Å². The van der Waals surface area contributed by atoms with Crippen LogP contribution >= 0.6 is 0 Å². The Balaban J connectivity index is 2.00. The number of hydrogen-bond acceptors (Lipinski definition) is 3. The molecule has 1 aromatic heterocycles. The molecule has 1 unspecified atom stereocenters. The Morgan fingerprint density at radius 3 is 2.55 bits per heavy atom. The quantitative estimate of drug-likeness (QED) is 0.568. The van der Waals surface area contributed by atoms with Gasteiger partial charge in [-0.15, -0.1) is 5.10 Å². The third kappa shape index (κ3) is 1.92. The highest BCUT2D eigenvalue weighted by Crippen LogP contribution is 2.36. The number of benzene rings is 2. The van der Waals surface area contributed by atoms with E-state index in [1.54, 1.807) is 7.11 Å². The summed E-state index contributed by atoms with van der Waals surface area (Å²) in [5.41, 5.74) is 3.60. The van der Waals surface area contributed by atoms with Crippen LogP contribution in [0.1, 0.15) is 28.4 Å². The van der Waals surface area contributed by atoms with Crippen molar-refractivity contribution in [2.24, 2.45) is 0 Å². The van der Waals surface area contributed by atoms with E-state index in [2.05, 4.69) is 52.7 Å². The maximum atomic E-state index is 5.33. The van der Waals surface area contributed by atoms with Crippen LogP contribution < -0.4 is 4.74 Å². The van der Waals surface area contributed by atoms with Crippen LogP contribution in [0.3, 0.4) is 0 Å². The molecule has 0 spiro atoms. The van der Waals surface area contributed by atoms with Crippen molar-refractivity contribution in [3.8, 4) is 6.01 Å². The van der Waals surface area contributed by atoms with Crippen molar-refractivity contribution in [3.05, 3.63) is 77.1 Å². The fraction of sp³-hybridized carbons (Fsp3) is 0.111. The zero-order valence-electron chi connectivity index (χ0n) is 12.2. The van der Waals surface area contributed by atoms with Gasteiger partial charge in [-0.1, -0.05) is 59.7 Å². The second-order valence-corrected chi connectivity index (χ2v) is 5.20. The zero-order chi connectivity index (χ0) is 14.9. The molecule has 3 aromatic rings. The Morgan fingerprint density at radius 2 is 1.73 bits per heavy atom. The summed E-state index contributed by atoms with van der Waals surface area (Å²) in [7, 11) is 1.61. The standard InChI is InChI=1S/C18H15N3O/c1-22-18-20-19-17-16(14-8-3-2-4-9-14)15-10-6-5-7-13(15)11-12-21(17)18/h2-12,16H,1H3. The summed E-state index contributed by atoms with van der Waals surface area (Å²) in [5.74, 6) is 0.896. The molecule has 0 bridgehead atoms. The lowest BCUT2D eigenvalue weighted by molar-refractivity contribution is 0.373. The molecule has 0 saturated heterocycles. The van der Waals surface area contributed by atoms with Gasteiger partial charge in [0, 0.05) is 6.20 Å². The Kier molecular flexibility index (Phi) is 3.00. The summed E-state index contributed by atoms with van der Waals surface area (Å²) in [4.78, 5) is 0. The van der Waals surface area contributed by atoms with Crippen molar-refractivity contribution in [3.63, 3.8) is 0 Å². The van der Waals surface area contributed by atoms with Crippen molar-refractivity contribution < 1.29 is 4.74 Å². The second kappa shape index (κ2) is 5.15. The lowest BCUT2D eigenvalue weighted by atomic mass is 9.88. The molecule has 108 valence electrons. The number of nitrogens with zero attached hydrogens (tertiary/aromatic N) is 3. The zero-order valence-corrected chi connectivity index (χ0v) is 12.2. The van der Waals surface area contributed by atoms with E-state index >= 15 is 0 Å². The van der Waals surface area contributed by atoms with E-state index in [9.17, 15) is 0 Å². The average Bonchev–Trinajstić information content (AvgIpc) is 2.90. The predicted octanol–water partition coefficient (Wildman–Crippen LogP) is 3.41. The maximum Gasteiger partial charge on any atom is 0.320 e. The summed E-state index contributed by atoms with van der Waals surface area (Å²) in [6.07, 6.45) is 4.05. The summed E-state index contributed by atoms with van der Waals surface area (Å²) >= 11 is 0. The molecule has 0 radical (unpaired) electrons. The lowest BCUT2D eigenvalue weighted by Gasteiger charge is -2.17. The third-order valence-corrected chi connectivity index (χ3v) is 3.97. The van der Waals surface area contributed by atoms with Gasteiger partial charge in [0.2, 0.25) is 0 Å². The molecular weight excluding hydrogens is 274 g/mol. The van der Waals surface area contributed by atoms with Crippen LogP contribution in [0.2, 0.25) is 0 Å². The predicted molar refractivity (Wildman–Crippen MR) is 85.6 cm³/mol. The minimum atomic E-state index is 0.0313. The van der Waals surface area contributed by atoms with Gasteiger partial charge < -0.3 is 4.74 Å². The highest BCUT2D eigenvalue weighted by Gasteiger charge is 2.27. The number of hydrogen-bond donors (Lipinski definition) is 0. The summed E-state index contributed by atoms with van der Waals surface area (Å²) in [6, 6.07) is 19.2. The highest BCUT2D eigenvalue weighted by molar-refractivity contribution is 5.68. The molecule has 0 aliphatic carbocycles. The van der Waals surface area contributed by atoms with E-state index < -0.39 is 0 Å². The first-order chi connectivity index (χ1) is 10.9. The van der Waals surface area contributed by atoms with E-state index in [1.165, 1.54) is 16.7 Å². The van der Waals surface area contributed by atoms with Gasteiger partial charge in [0.05, 0.1) is 13.0 Å². The van der Waals surface area contributed by atoms with Gasteiger partial charge in [0.25, 0.3) is 0 Å². The fourth-order valence-corrected chi connectivity index (χ4v) is 2.96. The van der Waals surface area contributed by atoms with Gasteiger partial charge in [-0.3, -0.25) is 4.57 Å². The van der Waals surface area contributed by atoms with Crippen molar-refractivity contribution in [2.75, 3.05) is 7.11 Å². The molecule has 0 amide bonds. The topological polar surface area (TPSA) is 39.9 Å². The summed E-state index contributed by atoms with van der Waals surface area (Å²) < 4.78 is 7.24. The minimum Gasteiger partial charge on any atom is -0.467 e. The fourth-order valence-electron chi connectivity index (χ4n) is 2.96. The summed E-state index contributed by atoms with van der Waals surface area (Å²) in [5, 5.41) is 8.53. The van der Waals surface area contributed by atoms with Crippen molar-refractivity contribution >= 4 is 12.3 Å². The Morgan fingerprint density at radius 1 is 0.955 bits per heavy atom. The van der Waals surface area contributed by atoms with Crippen LogP contribution in [0.15, 0.2) is 54.6 Å². The van der Waals surface area contributed by atoms with Crippen LogP contribution in [0.25, 0.3) is 12.3 Å². The van der Waals surface area contributed by atoms with Gasteiger partial charge in [-0.05, 0) is 22.8 Å². The van der Waals surface area contributed by atoms with E-state index in [0.29, 0.717) is 6.01 Å². The first-order valence-electron chi connectivity index (χ1n) is 7.19. The van der Waals surface area contributed by atoms with E-state index in [-0.39, 0.29) is 5.92 Å². The molecule has 4 rings (SSSR count). The second-order valence-electron chi connectivity index (χ2n) is 5.20. The number of fused-ring (bicyclic) bond motifs is 2. The van der Waals surface area contributed by atoms with Crippen molar-refractivity contribution in [2.45, 2.75) is 5.92 Å². The molecule has 0 fully saturated rings. The number of methoxy groups -OCH3 is 1. The molecule has 0 saturated carbocycles. The van der Waals surface area contributed by atoms with Gasteiger partial charge in [0.1, 0.15) is 0 Å². The largest absolute Gasteiger partial charge is 0.467 e. The van der Waals surface area contributed by atoms with Crippen LogP contribution in [-0.2, 0) is 0 Å². The van der Waals surface area contributed by atoms with Gasteiger partial charge >= 0.3 is 6.01 Å². The van der Waals surface area contributed by atoms with Crippen LogP contribution in [-0.4, -0.2) is 21.9 Å². The molecule has 0 N–H and O–H groups in total. The molecule has 1 aliphatic heterocycles.